The van der Waals surface area contributed by atoms with Crippen molar-refractivity contribution in [1.82, 2.24) is 104 Å². The van der Waals surface area contributed by atoms with Gasteiger partial charge in [0, 0.05) is 168 Å². The monoisotopic (exact) mass is 2110 g/mol. The number of allylic oxidation sites excluding steroid dienone is 4. The van der Waals surface area contributed by atoms with Gasteiger partial charge in [-0.3, -0.25) is 4.79 Å². The lowest BCUT2D eigenvalue weighted by Gasteiger charge is -2.40. The molecule has 39 heteroatoms. The number of carbonyl (C=O) groups is 1. The normalized spacial score (nSPS) is 15.0. The van der Waals surface area contributed by atoms with E-state index in [0.29, 0.717) is 141 Å². The lowest BCUT2D eigenvalue weighted by Crippen LogP contribution is -2.52. The second-order valence-electron chi connectivity index (χ2n) is 35.3. The fourth-order valence-corrected chi connectivity index (χ4v) is 18.2. The highest BCUT2D eigenvalue weighted by molar-refractivity contribution is 6.42. The topological polar surface area (TPSA) is 359 Å². The third-order valence-electron chi connectivity index (χ3n) is 25.3. The summed E-state index contributed by atoms with van der Waals surface area (Å²) in [6.45, 7) is 42.3. The molecule has 5 aliphatic heterocycles. The second-order valence-corrected chi connectivity index (χ2v) is 37.7. The molecular formula is C110H102Cl6N26O7. The molecule has 16 aromatic rings. The zero-order valence-corrected chi connectivity index (χ0v) is 85.4. The molecule has 149 heavy (non-hydrogen) atoms. The molecule has 756 valence electrons. The standard InChI is InChI=1S/C25H24N6O2.C23H23N5O.C22H21Cl2N5O.C20H17Cl2N5O2.C20H17Cl2N5O/c1-3-17(2)31-9-7-20(8-10-31)33-24-12-21-22(13-27-24)28-15-29-25(21)30-19-6-4-5-18(11-19)23-14-26-16-32-23;1-3-15(2)28-12-19(13-28)29-22-10-20-21(11-24-22)25-14-26-23(20)27-18-6-4-5-17(9-18)16-7-8-16;1-3-14(2)29-9-7-15(8-10-29)30-20-11-16-19(12-25-20)26-13-27-22(16)28-21-17(23)5-4-6-18(21)24;1-2-18(28)27-7-6-12(10-27)29-17-8-13-16(9-23-17)24-11-25-20(13)26-19-14(21)4-3-5-15(19)22;1-3-12(2)27-9-14(10-27)28-19-7-15-18(8-23-19)24-11-25-20(15)26-13-4-5-16(21)17(22)6-13/h3-6,11-16,20H,1-2,7-10H2,(H,28,29,30);3-6,9-11,14,16,19H,1-2,7-8,12-13H2,(H,25,26,27);3-6,11-13,15H,1-2,7-10H2,(H,26,27,28);2-5,8-9,11-12H,1,6-7,10H2,(H,24,25,26);3-8,11,14H,1-2,9-10H2,(H,24,25,26). The van der Waals surface area contributed by atoms with E-state index in [-0.39, 0.29) is 36.4 Å². The number of likely N-dealkylation sites (tertiary alicyclic amines) is 5. The average Bonchev–Trinajstić information content (AvgIpc) is 1.68. The van der Waals surface area contributed by atoms with Crippen LogP contribution in [0.1, 0.15) is 56.4 Å². The number of nitrogens with zero attached hydrogens (tertiary/aromatic N) is 21. The van der Waals surface area contributed by atoms with E-state index in [1.54, 1.807) is 127 Å². The van der Waals surface area contributed by atoms with Crippen LogP contribution in [-0.2, 0) is 4.79 Å². The van der Waals surface area contributed by atoms with Crippen molar-refractivity contribution in [3.63, 3.8) is 0 Å². The van der Waals surface area contributed by atoms with Gasteiger partial charge in [0.1, 0.15) is 91.2 Å². The highest BCUT2D eigenvalue weighted by Gasteiger charge is 2.33. The van der Waals surface area contributed by atoms with Crippen LogP contribution in [0.3, 0.4) is 0 Å². The Kier molecular flexibility index (Phi) is 33.1. The molecule has 1 unspecified atom stereocenters. The Bertz CT molecular complexity index is 7660. The van der Waals surface area contributed by atoms with E-state index in [4.69, 9.17) is 97.7 Å². The SMILES string of the molecule is C=CC(=C)N1CC(Oc2cc3c(Nc4ccc(Cl)c(Cl)c4)ncnc3cn2)C1.C=CC(=C)N1CC(Oc2cc3c(Nc4cccc(C5CC5)c4)ncnc3cn2)C1.C=CC(=C)N1CCC(Oc2cc3c(Nc4c(Cl)cccc4Cl)ncnc3cn2)CC1.C=CC(=C)N1CCC(Oc2cc3c(Nc4cccc(-c5cnco5)c4)ncnc3cn2)CC1.C=CC(=O)N1CCC(Oc2cc3c(Nc4c(Cl)cccc4Cl)ncnc3cn2)C1. The van der Waals surface area contributed by atoms with Gasteiger partial charge in [0.15, 0.2) is 12.2 Å². The molecular weight excluding hydrogens is 2010 g/mol. The Balaban J connectivity index is 0.000000122. The Hall–Kier alpha value is -16.2. The number of benzene rings is 5. The summed E-state index contributed by atoms with van der Waals surface area (Å²) in [6, 6.07) is 41.6. The summed E-state index contributed by atoms with van der Waals surface area (Å²) in [5.41, 5.74) is 13.4. The molecule has 16 heterocycles. The number of oxazole rings is 1. The molecule has 6 aliphatic rings. The first-order valence-electron chi connectivity index (χ1n) is 47.8. The molecule has 0 bridgehead atoms. The van der Waals surface area contributed by atoms with E-state index in [1.807, 2.05) is 54.6 Å². The van der Waals surface area contributed by atoms with Gasteiger partial charge in [-0.25, -0.2) is 79.7 Å². The van der Waals surface area contributed by atoms with Crippen LogP contribution in [-0.4, -0.2) is 206 Å². The first kappa shape index (κ1) is 103. The number of carbonyl (C=O) groups excluding carboxylic acids is 1. The van der Waals surface area contributed by atoms with Gasteiger partial charge >= 0.3 is 0 Å². The van der Waals surface area contributed by atoms with E-state index < -0.39 is 0 Å². The van der Waals surface area contributed by atoms with Gasteiger partial charge in [-0.05, 0) is 121 Å². The first-order chi connectivity index (χ1) is 72.5. The lowest BCUT2D eigenvalue weighted by molar-refractivity contribution is -0.125. The number of hydrogen-bond acceptors (Lipinski definition) is 32. The summed E-state index contributed by atoms with van der Waals surface area (Å²) < 4.78 is 35.8. The smallest absolute Gasteiger partial charge is 0.246 e. The van der Waals surface area contributed by atoms with Gasteiger partial charge in [0.05, 0.1) is 139 Å². The van der Waals surface area contributed by atoms with Crippen LogP contribution >= 0.6 is 69.6 Å². The molecule has 33 nitrogen and oxygen atoms in total. The summed E-state index contributed by atoms with van der Waals surface area (Å²) in [7, 11) is 0. The maximum absolute atomic E-state index is 11.8. The van der Waals surface area contributed by atoms with Crippen LogP contribution in [0.15, 0.2) is 325 Å². The maximum atomic E-state index is 11.8. The predicted octanol–water partition coefficient (Wildman–Crippen LogP) is 24.1. The van der Waals surface area contributed by atoms with Gasteiger partial charge in [-0.15, -0.1) is 0 Å². The Morgan fingerprint density at radius 1 is 0.322 bits per heavy atom. The third-order valence-corrected chi connectivity index (χ3v) is 27.3. The number of pyridine rings is 5. The predicted molar refractivity (Wildman–Crippen MR) is 588 cm³/mol. The van der Waals surface area contributed by atoms with Crippen LogP contribution in [0.5, 0.6) is 29.4 Å². The molecule has 1 atom stereocenters. The largest absolute Gasteiger partial charge is 0.474 e. The summed E-state index contributed by atoms with van der Waals surface area (Å²) in [5.74, 6) is 7.13. The van der Waals surface area contributed by atoms with Crippen molar-refractivity contribution >= 4 is 188 Å². The summed E-state index contributed by atoms with van der Waals surface area (Å²) in [6.07, 6.45) is 34.5. The van der Waals surface area contributed by atoms with Gasteiger partial charge in [-0.2, -0.15) is 0 Å². The minimum Gasteiger partial charge on any atom is -0.474 e. The number of rotatable bonds is 31. The molecule has 0 radical (unpaired) electrons. The number of nitrogens with one attached hydrogen (secondary N) is 5. The second kappa shape index (κ2) is 48.0. The Labute approximate surface area is 889 Å². The summed E-state index contributed by atoms with van der Waals surface area (Å²) in [5, 5.41) is 23.4. The zero-order chi connectivity index (χ0) is 104. The average molecular weight is 2110 g/mol. The van der Waals surface area contributed by atoms with Crippen LogP contribution in [0.2, 0.25) is 30.1 Å². The van der Waals surface area contributed by atoms with E-state index >= 15 is 0 Å². The fourth-order valence-electron chi connectivity index (χ4n) is 16.9. The van der Waals surface area contributed by atoms with Gasteiger partial charge in [-0.1, -0.05) is 165 Å². The molecule has 1 saturated carbocycles. The van der Waals surface area contributed by atoms with E-state index in [9.17, 15) is 4.79 Å². The van der Waals surface area contributed by atoms with Crippen molar-refractivity contribution in [2.45, 2.75) is 81.4 Å². The number of piperidine rings is 2. The third kappa shape index (κ3) is 25.9. The maximum Gasteiger partial charge on any atom is 0.246 e. The minimum atomic E-state index is -0.136. The van der Waals surface area contributed by atoms with Crippen LogP contribution < -0.4 is 50.3 Å². The minimum absolute atomic E-state index is 0.0535. The van der Waals surface area contributed by atoms with Gasteiger partial charge in [0.25, 0.3) is 0 Å². The van der Waals surface area contributed by atoms with Gasteiger partial charge < -0.3 is 79.2 Å². The number of aromatic nitrogens is 16. The van der Waals surface area contributed by atoms with Crippen molar-refractivity contribution in [1.29, 1.82) is 0 Å². The molecule has 22 rings (SSSR count). The molecule has 5 saturated heterocycles. The number of halogens is 6. The van der Waals surface area contributed by atoms with Crippen molar-refractivity contribution in [2.24, 2.45) is 0 Å². The fraction of sp³-hybridized carbons (Fsp3) is 0.209. The highest BCUT2D eigenvalue weighted by Crippen LogP contribution is 2.43. The Morgan fingerprint density at radius 3 is 1.03 bits per heavy atom. The van der Waals surface area contributed by atoms with Crippen molar-refractivity contribution < 1.29 is 32.9 Å². The van der Waals surface area contributed by atoms with Crippen molar-refractivity contribution in [3.8, 4) is 40.7 Å². The number of fused-ring (bicyclic) bond motifs is 5. The summed E-state index contributed by atoms with van der Waals surface area (Å²) in [4.78, 5) is 91.5. The molecule has 6 fully saturated rings. The van der Waals surface area contributed by atoms with Crippen molar-refractivity contribution in [3.05, 3.63) is 357 Å². The van der Waals surface area contributed by atoms with E-state index in [2.05, 4.69) is 209 Å². The quantitative estimate of drug-likeness (QED) is 0.0199. The van der Waals surface area contributed by atoms with Crippen molar-refractivity contribution in [2.75, 3.05) is 92.0 Å². The number of anilines is 10. The molecule has 5 aromatic carbocycles. The molecule has 11 aromatic heterocycles. The highest BCUT2D eigenvalue weighted by atomic mass is 35.5. The molecule has 5 N–H and O–H groups in total. The lowest BCUT2D eigenvalue weighted by atomic mass is 10.1. The first-order valence-corrected chi connectivity index (χ1v) is 50.1. The van der Waals surface area contributed by atoms with E-state index in [0.717, 1.165) is 168 Å². The number of amides is 1. The Morgan fingerprint density at radius 2 is 0.658 bits per heavy atom. The van der Waals surface area contributed by atoms with E-state index in [1.165, 1.54) is 56.2 Å². The zero-order valence-electron chi connectivity index (χ0n) is 80.9. The number of ether oxygens (including phenoxy) is 5. The summed E-state index contributed by atoms with van der Waals surface area (Å²) >= 11 is 37.2. The molecule has 1 aliphatic carbocycles. The number of para-hydroxylation sites is 2. The van der Waals surface area contributed by atoms with Crippen LogP contribution in [0.4, 0.5) is 57.5 Å². The number of hydrogen-bond donors (Lipinski definition) is 5. The molecule has 0 spiro atoms. The molecule has 1 amide bonds. The van der Waals surface area contributed by atoms with Gasteiger partial charge in [0.2, 0.25) is 35.3 Å². The van der Waals surface area contributed by atoms with Crippen LogP contribution in [0, 0.1) is 0 Å². The van der Waals surface area contributed by atoms with Crippen LogP contribution in [0.25, 0.3) is 65.8 Å².